The summed E-state index contributed by atoms with van der Waals surface area (Å²) in [6.45, 7) is 0.572. The molecular formula is C13H18N2O3. The van der Waals surface area contributed by atoms with Crippen LogP contribution in [0.25, 0.3) is 0 Å². The van der Waals surface area contributed by atoms with E-state index in [-0.39, 0.29) is 18.9 Å². The molecule has 0 unspecified atom stereocenters. The van der Waals surface area contributed by atoms with Crippen molar-refractivity contribution in [2.75, 3.05) is 32.1 Å². The Morgan fingerprint density at radius 3 is 2.33 bits per heavy atom. The summed E-state index contributed by atoms with van der Waals surface area (Å²) in [5.41, 5.74) is 0.828. The van der Waals surface area contributed by atoms with Gasteiger partial charge in [0.15, 0.2) is 0 Å². The van der Waals surface area contributed by atoms with Crippen LogP contribution >= 0.6 is 0 Å². The number of para-hydroxylation sites is 1. The summed E-state index contributed by atoms with van der Waals surface area (Å²) in [6, 6.07) is 9.34. The lowest BCUT2D eigenvalue weighted by molar-refractivity contribution is -0.137. The number of anilines is 1. The monoisotopic (exact) mass is 250 g/mol. The van der Waals surface area contributed by atoms with E-state index >= 15 is 0 Å². The van der Waals surface area contributed by atoms with Crippen LogP contribution in [0.4, 0.5) is 5.69 Å². The first-order chi connectivity index (χ1) is 8.50. The van der Waals surface area contributed by atoms with Gasteiger partial charge in [-0.15, -0.1) is 0 Å². The number of hydrogen-bond acceptors (Lipinski definition) is 3. The van der Waals surface area contributed by atoms with Crippen molar-refractivity contribution in [1.82, 2.24) is 4.90 Å². The van der Waals surface area contributed by atoms with Gasteiger partial charge < -0.3 is 10.0 Å². The van der Waals surface area contributed by atoms with Crippen molar-refractivity contribution < 1.29 is 14.7 Å². The maximum absolute atomic E-state index is 11.9. The van der Waals surface area contributed by atoms with Crippen molar-refractivity contribution >= 4 is 17.6 Å². The minimum Gasteiger partial charge on any atom is -0.481 e. The van der Waals surface area contributed by atoms with Gasteiger partial charge in [0.2, 0.25) is 5.91 Å². The van der Waals surface area contributed by atoms with Crippen molar-refractivity contribution in [3.05, 3.63) is 30.3 Å². The quantitative estimate of drug-likeness (QED) is 0.820. The molecule has 0 saturated heterocycles. The summed E-state index contributed by atoms with van der Waals surface area (Å²) in [6.07, 6.45) is 0.0405. The van der Waals surface area contributed by atoms with Gasteiger partial charge in [-0.2, -0.15) is 0 Å². The van der Waals surface area contributed by atoms with Crippen LogP contribution in [0.3, 0.4) is 0 Å². The van der Waals surface area contributed by atoms with Gasteiger partial charge in [-0.05, 0) is 19.2 Å². The zero-order valence-corrected chi connectivity index (χ0v) is 10.7. The summed E-state index contributed by atoms with van der Waals surface area (Å²) in [5.74, 6) is -0.917. The van der Waals surface area contributed by atoms with Crippen LogP contribution in [0.15, 0.2) is 30.3 Å². The average Bonchev–Trinajstić information content (AvgIpc) is 2.36. The summed E-state index contributed by atoms with van der Waals surface area (Å²) in [4.78, 5) is 25.6. The Morgan fingerprint density at radius 1 is 1.17 bits per heavy atom. The lowest BCUT2D eigenvalue weighted by Gasteiger charge is -2.21. The molecular weight excluding hydrogens is 232 g/mol. The Kier molecular flexibility index (Phi) is 5.32. The number of hydrogen-bond donors (Lipinski definition) is 1. The molecule has 0 saturated carbocycles. The number of aliphatic carboxylic acids is 1. The third kappa shape index (κ3) is 4.55. The van der Waals surface area contributed by atoms with E-state index in [0.29, 0.717) is 6.54 Å². The molecule has 98 valence electrons. The van der Waals surface area contributed by atoms with Crippen LogP contribution in [0.2, 0.25) is 0 Å². The molecule has 1 aromatic carbocycles. The van der Waals surface area contributed by atoms with Crippen LogP contribution in [-0.2, 0) is 9.59 Å². The number of carbonyl (C=O) groups is 2. The highest BCUT2D eigenvalue weighted by Gasteiger charge is 2.13. The second-order valence-corrected chi connectivity index (χ2v) is 4.17. The smallest absolute Gasteiger partial charge is 0.304 e. The van der Waals surface area contributed by atoms with Gasteiger partial charge >= 0.3 is 5.97 Å². The second kappa shape index (κ2) is 6.76. The lowest BCUT2D eigenvalue weighted by atomic mass is 10.3. The SMILES string of the molecule is CN(CCC(=O)O)CC(=O)N(C)c1ccccc1. The summed E-state index contributed by atoms with van der Waals surface area (Å²) < 4.78 is 0. The number of carboxylic acid groups (broad SMARTS) is 1. The van der Waals surface area contributed by atoms with Crippen LogP contribution < -0.4 is 4.90 Å². The fourth-order valence-corrected chi connectivity index (χ4v) is 1.50. The minimum atomic E-state index is -0.856. The average molecular weight is 250 g/mol. The Balaban J connectivity index is 2.47. The zero-order valence-electron chi connectivity index (χ0n) is 10.7. The molecule has 0 fully saturated rings. The number of benzene rings is 1. The number of carboxylic acids is 1. The van der Waals surface area contributed by atoms with E-state index in [2.05, 4.69) is 0 Å². The first kappa shape index (κ1) is 14.2. The van der Waals surface area contributed by atoms with Gasteiger partial charge in [-0.3, -0.25) is 14.5 Å². The Bertz CT molecular complexity index is 406. The van der Waals surface area contributed by atoms with E-state index in [1.807, 2.05) is 30.3 Å². The van der Waals surface area contributed by atoms with E-state index in [4.69, 9.17) is 5.11 Å². The van der Waals surface area contributed by atoms with Gasteiger partial charge in [-0.1, -0.05) is 18.2 Å². The minimum absolute atomic E-state index is 0.0405. The van der Waals surface area contributed by atoms with Crippen LogP contribution in [0.1, 0.15) is 6.42 Å². The predicted molar refractivity (Wildman–Crippen MR) is 69.6 cm³/mol. The molecule has 0 aliphatic carbocycles. The molecule has 1 N–H and O–H groups in total. The number of carbonyl (C=O) groups excluding carboxylic acids is 1. The third-order valence-electron chi connectivity index (χ3n) is 2.63. The molecule has 0 atom stereocenters. The van der Waals surface area contributed by atoms with Crippen molar-refractivity contribution in [2.45, 2.75) is 6.42 Å². The third-order valence-corrected chi connectivity index (χ3v) is 2.63. The van der Waals surface area contributed by atoms with Crippen molar-refractivity contribution in [3.8, 4) is 0 Å². The maximum Gasteiger partial charge on any atom is 0.304 e. The highest BCUT2D eigenvalue weighted by molar-refractivity contribution is 5.94. The van der Waals surface area contributed by atoms with Crippen molar-refractivity contribution in [3.63, 3.8) is 0 Å². The number of likely N-dealkylation sites (N-methyl/N-ethyl adjacent to an activating group) is 2. The predicted octanol–water partition coefficient (Wildman–Crippen LogP) is 1.06. The van der Waals surface area contributed by atoms with E-state index in [1.165, 1.54) is 0 Å². The standard InChI is InChI=1S/C13H18N2O3/c1-14(9-8-13(17)18)10-12(16)15(2)11-6-4-3-5-7-11/h3-7H,8-10H2,1-2H3,(H,17,18). The lowest BCUT2D eigenvalue weighted by Crippen LogP contribution is -2.37. The fraction of sp³-hybridized carbons (Fsp3) is 0.385. The van der Waals surface area contributed by atoms with Gasteiger partial charge in [0, 0.05) is 19.3 Å². The largest absolute Gasteiger partial charge is 0.481 e. The summed E-state index contributed by atoms with van der Waals surface area (Å²) >= 11 is 0. The molecule has 5 nitrogen and oxygen atoms in total. The topological polar surface area (TPSA) is 60.9 Å². The Labute approximate surface area is 107 Å². The van der Waals surface area contributed by atoms with E-state index in [9.17, 15) is 9.59 Å². The molecule has 0 aromatic heterocycles. The molecule has 0 bridgehead atoms. The Hall–Kier alpha value is -1.88. The number of rotatable bonds is 6. The van der Waals surface area contributed by atoms with E-state index in [1.54, 1.807) is 23.9 Å². The van der Waals surface area contributed by atoms with E-state index < -0.39 is 5.97 Å². The van der Waals surface area contributed by atoms with Gasteiger partial charge in [0.05, 0.1) is 13.0 Å². The van der Waals surface area contributed by atoms with E-state index in [0.717, 1.165) is 5.69 Å². The van der Waals surface area contributed by atoms with Crippen LogP contribution in [-0.4, -0.2) is 49.1 Å². The highest BCUT2D eigenvalue weighted by atomic mass is 16.4. The molecule has 0 radical (unpaired) electrons. The molecule has 0 spiro atoms. The first-order valence-corrected chi connectivity index (χ1v) is 5.72. The summed E-state index contributed by atoms with van der Waals surface area (Å²) in [7, 11) is 3.45. The Morgan fingerprint density at radius 2 is 1.78 bits per heavy atom. The molecule has 0 aliphatic rings. The molecule has 18 heavy (non-hydrogen) atoms. The van der Waals surface area contributed by atoms with Crippen molar-refractivity contribution in [2.24, 2.45) is 0 Å². The summed E-state index contributed by atoms with van der Waals surface area (Å²) in [5, 5.41) is 8.56. The molecule has 1 aromatic rings. The first-order valence-electron chi connectivity index (χ1n) is 5.72. The molecule has 5 heteroatoms. The number of nitrogens with zero attached hydrogens (tertiary/aromatic N) is 2. The second-order valence-electron chi connectivity index (χ2n) is 4.17. The van der Waals surface area contributed by atoms with Gasteiger partial charge in [-0.25, -0.2) is 0 Å². The number of amides is 1. The molecule has 1 amide bonds. The fourth-order valence-electron chi connectivity index (χ4n) is 1.50. The zero-order chi connectivity index (χ0) is 13.5. The van der Waals surface area contributed by atoms with Gasteiger partial charge in [0.25, 0.3) is 0 Å². The molecule has 0 heterocycles. The van der Waals surface area contributed by atoms with Crippen LogP contribution in [0, 0.1) is 0 Å². The molecule has 1 rings (SSSR count). The van der Waals surface area contributed by atoms with Crippen LogP contribution in [0.5, 0.6) is 0 Å². The highest BCUT2D eigenvalue weighted by Crippen LogP contribution is 2.11. The van der Waals surface area contributed by atoms with Crippen molar-refractivity contribution in [1.29, 1.82) is 0 Å². The maximum atomic E-state index is 11.9. The normalized spacial score (nSPS) is 10.4. The van der Waals surface area contributed by atoms with Gasteiger partial charge in [0.1, 0.15) is 0 Å². The molecule has 0 aliphatic heterocycles.